The summed E-state index contributed by atoms with van der Waals surface area (Å²) in [5, 5.41) is 3.40. The van der Waals surface area contributed by atoms with E-state index in [-0.39, 0.29) is 0 Å². The van der Waals surface area contributed by atoms with E-state index in [0.717, 1.165) is 85.3 Å². The van der Waals surface area contributed by atoms with E-state index in [2.05, 4.69) is 33.7 Å². The summed E-state index contributed by atoms with van der Waals surface area (Å²) in [5.74, 6) is 0.707. The van der Waals surface area contributed by atoms with Crippen LogP contribution in [0.15, 0.2) is 0 Å². The molecule has 0 spiro atoms. The summed E-state index contributed by atoms with van der Waals surface area (Å²) >= 11 is 1.64. The van der Waals surface area contributed by atoms with Crippen molar-refractivity contribution < 1.29 is 9.47 Å². The van der Waals surface area contributed by atoms with Gasteiger partial charge in [-0.15, -0.1) is 0 Å². The molecule has 0 amide bonds. The number of nitrogens with zero attached hydrogens (tertiary/aromatic N) is 2. The Kier molecular flexibility index (Phi) is 14.2. The monoisotopic (exact) mass is 362 g/mol. The van der Waals surface area contributed by atoms with Crippen molar-refractivity contribution in [3.63, 3.8) is 0 Å². The number of nitrogens with one attached hydrogen (secondary N) is 2. The molecular formula is C17H38N4O2S. The van der Waals surface area contributed by atoms with Gasteiger partial charge in [-0.3, -0.25) is 14.5 Å². The Bertz CT molecular complexity index is 277. The molecule has 0 unspecified atom stereocenters. The highest BCUT2D eigenvalue weighted by Gasteiger charge is 2.15. The average molecular weight is 363 g/mol. The molecule has 0 saturated carbocycles. The van der Waals surface area contributed by atoms with Crippen molar-refractivity contribution in [2.45, 2.75) is 13.8 Å². The quantitative estimate of drug-likeness (QED) is 0.329. The molecule has 2 N–H and O–H groups in total. The molecule has 24 heavy (non-hydrogen) atoms. The summed E-state index contributed by atoms with van der Waals surface area (Å²) in [5.41, 5.74) is 0. The van der Waals surface area contributed by atoms with Gasteiger partial charge in [-0.1, -0.05) is 25.8 Å². The Morgan fingerprint density at radius 2 is 1.42 bits per heavy atom. The van der Waals surface area contributed by atoms with Crippen LogP contribution in [0, 0.1) is 5.92 Å². The van der Waals surface area contributed by atoms with Gasteiger partial charge in [-0.2, -0.15) is 0 Å². The van der Waals surface area contributed by atoms with Gasteiger partial charge in [0.25, 0.3) is 0 Å². The van der Waals surface area contributed by atoms with Gasteiger partial charge in [-0.25, -0.2) is 0 Å². The van der Waals surface area contributed by atoms with E-state index >= 15 is 0 Å². The normalized spacial score (nSPS) is 17.0. The van der Waals surface area contributed by atoms with Crippen molar-refractivity contribution in [1.29, 1.82) is 0 Å². The lowest BCUT2D eigenvalue weighted by atomic mass is 10.2. The van der Waals surface area contributed by atoms with E-state index in [0.29, 0.717) is 5.92 Å². The van der Waals surface area contributed by atoms with Crippen LogP contribution in [-0.4, -0.2) is 101 Å². The van der Waals surface area contributed by atoms with Gasteiger partial charge in [0.2, 0.25) is 0 Å². The minimum absolute atomic E-state index is 0.707. The fourth-order valence-corrected chi connectivity index (χ4v) is 2.87. The van der Waals surface area contributed by atoms with Gasteiger partial charge in [0.15, 0.2) is 0 Å². The largest absolute Gasteiger partial charge is 0.379 e. The topological polar surface area (TPSA) is 49.0 Å². The Morgan fingerprint density at radius 1 is 0.875 bits per heavy atom. The lowest BCUT2D eigenvalue weighted by molar-refractivity contribution is 0.0584. The summed E-state index contributed by atoms with van der Waals surface area (Å²) < 4.78 is 14.5. The molecule has 0 atom stereocenters. The molecule has 0 radical (unpaired) electrons. The second-order valence-electron chi connectivity index (χ2n) is 6.60. The summed E-state index contributed by atoms with van der Waals surface area (Å²) in [4.78, 5) is 5.00. The zero-order valence-electron chi connectivity index (χ0n) is 15.9. The van der Waals surface area contributed by atoms with Crippen molar-refractivity contribution in [2.24, 2.45) is 5.92 Å². The summed E-state index contributed by atoms with van der Waals surface area (Å²) in [7, 11) is 0. The van der Waals surface area contributed by atoms with Crippen LogP contribution >= 0.6 is 11.9 Å². The van der Waals surface area contributed by atoms with Crippen molar-refractivity contribution in [1.82, 2.24) is 19.8 Å². The molecule has 1 heterocycles. The smallest absolute Gasteiger partial charge is 0.0600 e. The SMILES string of the molecule is CSNCCOCCN1CCN(CCOCCNCC(C)C)CC1. The lowest BCUT2D eigenvalue weighted by Gasteiger charge is -2.34. The maximum Gasteiger partial charge on any atom is 0.0600 e. The third-order valence-corrected chi connectivity index (χ3v) is 4.53. The van der Waals surface area contributed by atoms with Crippen molar-refractivity contribution >= 4 is 11.9 Å². The van der Waals surface area contributed by atoms with E-state index in [1.807, 2.05) is 6.26 Å². The fraction of sp³-hybridized carbons (Fsp3) is 1.00. The van der Waals surface area contributed by atoms with Gasteiger partial charge < -0.3 is 14.8 Å². The summed E-state index contributed by atoms with van der Waals surface area (Å²) in [6.45, 7) is 17.3. The molecule has 6 nitrogen and oxygen atoms in total. The van der Waals surface area contributed by atoms with Gasteiger partial charge in [0.05, 0.1) is 26.4 Å². The zero-order valence-corrected chi connectivity index (χ0v) is 16.7. The first-order chi connectivity index (χ1) is 11.7. The van der Waals surface area contributed by atoms with Crippen LogP contribution in [0.2, 0.25) is 0 Å². The van der Waals surface area contributed by atoms with Gasteiger partial charge in [0.1, 0.15) is 0 Å². The van der Waals surface area contributed by atoms with Crippen LogP contribution < -0.4 is 10.0 Å². The second kappa shape index (κ2) is 15.4. The first-order valence-corrected chi connectivity index (χ1v) is 10.5. The van der Waals surface area contributed by atoms with Crippen molar-refractivity contribution in [3.8, 4) is 0 Å². The summed E-state index contributed by atoms with van der Waals surface area (Å²) in [6.07, 6.45) is 2.04. The highest BCUT2D eigenvalue weighted by Crippen LogP contribution is 2.01. The molecule has 0 aromatic carbocycles. The second-order valence-corrected chi connectivity index (χ2v) is 7.30. The van der Waals surface area contributed by atoms with E-state index in [1.165, 1.54) is 0 Å². The van der Waals surface area contributed by atoms with Crippen LogP contribution in [0.1, 0.15) is 13.8 Å². The van der Waals surface area contributed by atoms with Crippen molar-refractivity contribution in [3.05, 3.63) is 0 Å². The number of hydrogen-bond donors (Lipinski definition) is 2. The Balaban J connectivity index is 1.87. The summed E-state index contributed by atoms with van der Waals surface area (Å²) in [6, 6.07) is 0. The van der Waals surface area contributed by atoms with Gasteiger partial charge in [-0.05, 0) is 18.7 Å². The van der Waals surface area contributed by atoms with Gasteiger partial charge >= 0.3 is 0 Å². The maximum atomic E-state index is 5.71. The average Bonchev–Trinajstić information content (AvgIpc) is 2.58. The van der Waals surface area contributed by atoms with Crippen LogP contribution in [0.25, 0.3) is 0 Å². The molecule has 0 aromatic rings. The minimum atomic E-state index is 0.707. The molecule has 7 heteroatoms. The Labute approximate surface area is 153 Å². The maximum absolute atomic E-state index is 5.71. The third kappa shape index (κ3) is 12.5. The molecule has 1 rings (SSSR count). The van der Waals surface area contributed by atoms with E-state index < -0.39 is 0 Å². The number of ether oxygens (including phenoxy) is 2. The standard InChI is InChI=1S/C17H38N4O2S/c1-17(2)16-18-4-12-22-14-10-20-6-8-21(9-7-20)11-15-23-13-5-19-24-3/h17-19H,4-16H2,1-3H3. The first kappa shape index (κ1) is 22.2. The van der Waals surface area contributed by atoms with E-state index in [9.17, 15) is 0 Å². The third-order valence-electron chi connectivity index (χ3n) is 4.04. The molecular weight excluding hydrogens is 324 g/mol. The predicted octanol–water partition coefficient (Wildman–Crippen LogP) is 0.750. The van der Waals surface area contributed by atoms with Crippen LogP contribution in [0.3, 0.4) is 0 Å². The van der Waals surface area contributed by atoms with E-state index in [4.69, 9.17) is 9.47 Å². The first-order valence-electron chi connectivity index (χ1n) is 9.29. The molecule has 1 fully saturated rings. The Morgan fingerprint density at radius 3 is 1.92 bits per heavy atom. The molecule has 0 aliphatic carbocycles. The van der Waals surface area contributed by atoms with Crippen LogP contribution in [0.4, 0.5) is 0 Å². The van der Waals surface area contributed by atoms with Crippen LogP contribution in [0.5, 0.6) is 0 Å². The van der Waals surface area contributed by atoms with Crippen molar-refractivity contribution in [2.75, 3.05) is 91.6 Å². The zero-order chi connectivity index (χ0) is 17.5. The highest BCUT2D eigenvalue weighted by molar-refractivity contribution is 7.96. The molecule has 1 saturated heterocycles. The number of piperazine rings is 1. The fourth-order valence-electron chi connectivity index (χ4n) is 2.58. The lowest BCUT2D eigenvalue weighted by Crippen LogP contribution is -2.48. The molecule has 144 valence electrons. The van der Waals surface area contributed by atoms with Crippen LogP contribution in [-0.2, 0) is 9.47 Å². The number of hydrogen-bond acceptors (Lipinski definition) is 7. The molecule has 1 aliphatic heterocycles. The molecule has 1 aliphatic rings. The van der Waals surface area contributed by atoms with Gasteiger partial charge in [0, 0.05) is 52.4 Å². The van der Waals surface area contributed by atoms with E-state index in [1.54, 1.807) is 11.9 Å². The predicted molar refractivity (Wildman–Crippen MR) is 104 cm³/mol. The highest BCUT2D eigenvalue weighted by atomic mass is 32.2. The number of rotatable bonds is 15. The molecule has 0 aromatic heterocycles. The minimum Gasteiger partial charge on any atom is -0.379 e. The molecule has 0 bridgehead atoms. The Hall–Kier alpha value is 0.110.